The summed E-state index contributed by atoms with van der Waals surface area (Å²) in [6.07, 6.45) is 3.22. The van der Waals surface area contributed by atoms with E-state index in [4.69, 9.17) is 0 Å². The molecule has 0 N–H and O–H groups in total. The first-order valence-corrected chi connectivity index (χ1v) is 10.9. The monoisotopic (exact) mass is 406 g/mol. The first kappa shape index (κ1) is 19.1. The van der Waals surface area contributed by atoms with Gasteiger partial charge in [0.25, 0.3) is 10.0 Å². The summed E-state index contributed by atoms with van der Waals surface area (Å²) in [5.41, 5.74) is 2.98. The van der Waals surface area contributed by atoms with Crippen LogP contribution in [0.2, 0.25) is 0 Å². The summed E-state index contributed by atoms with van der Waals surface area (Å²) in [6.45, 7) is 4.44. The number of hydrogen-bond donors (Lipinski definition) is 0. The molecule has 0 aliphatic heterocycles. The largest absolute Gasteiger partial charge is 0.288 e. The van der Waals surface area contributed by atoms with Crippen LogP contribution in [0.3, 0.4) is 0 Å². The van der Waals surface area contributed by atoms with Gasteiger partial charge in [-0.2, -0.15) is 0 Å². The van der Waals surface area contributed by atoms with Crippen LogP contribution < -0.4 is 4.31 Å². The molecule has 0 aliphatic carbocycles. The Bertz CT molecular complexity index is 1220. The number of hydrogen-bond acceptors (Lipinski definition) is 4. The number of nitrogens with zero attached hydrogens (tertiary/aromatic N) is 4. The van der Waals surface area contributed by atoms with E-state index >= 15 is 0 Å². The minimum atomic E-state index is -3.87. The Labute approximate surface area is 170 Å². The third kappa shape index (κ3) is 3.73. The second-order valence-corrected chi connectivity index (χ2v) is 9.01. The van der Waals surface area contributed by atoms with Crippen molar-refractivity contribution >= 4 is 21.4 Å². The Balaban J connectivity index is 1.84. The minimum absolute atomic E-state index is 0.126. The molecule has 0 spiro atoms. The maximum atomic E-state index is 13.7. The van der Waals surface area contributed by atoms with Crippen molar-refractivity contribution in [1.29, 1.82) is 0 Å². The molecule has 6 nitrogen and oxygen atoms in total. The van der Waals surface area contributed by atoms with Gasteiger partial charge in [-0.3, -0.25) is 8.71 Å². The van der Waals surface area contributed by atoms with E-state index in [1.807, 2.05) is 54.6 Å². The van der Waals surface area contributed by atoms with Crippen LogP contribution in [0.1, 0.15) is 30.9 Å². The second-order valence-electron chi connectivity index (χ2n) is 7.18. The molecule has 0 fully saturated rings. The van der Waals surface area contributed by atoms with Crippen molar-refractivity contribution in [3.05, 3.63) is 90.4 Å². The lowest BCUT2D eigenvalue weighted by Gasteiger charge is -2.25. The summed E-state index contributed by atoms with van der Waals surface area (Å²) in [6, 6.07) is 20.5. The molecular formula is C22H22N4O2S. The molecule has 0 atom stereocenters. The lowest BCUT2D eigenvalue weighted by Crippen LogP contribution is -2.31. The highest BCUT2D eigenvalue weighted by Crippen LogP contribution is 2.29. The highest BCUT2D eigenvalue weighted by molar-refractivity contribution is 7.93. The quantitative estimate of drug-likeness (QED) is 0.480. The molecule has 29 heavy (non-hydrogen) atoms. The number of aromatic nitrogens is 3. The molecule has 148 valence electrons. The van der Waals surface area contributed by atoms with Crippen molar-refractivity contribution in [2.24, 2.45) is 0 Å². The molecule has 0 aliphatic rings. The zero-order valence-electron chi connectivity index (χ0n) is 16.3. The van der Waals surface area contributed by atoms with Gasteiger partial charge in [-0.15, -0.1) is 10.2 Å². The number of benzene rings is 2. The SMILES string of the molecule is CC(C)c1ccc(N(Cc2ccccc2)S(=O)(=O)c2cccn3cnnc23)cc1. The van der Waals surface area contributed by atoms with E-state index < -0.39 is 10.0 Å². The van der Waals surface area contributed by atoms with Gasteiger partial charge in [0.05, 0.1) is 12.2 Å². The summed E-state index contributed by atoms with van der Waals surface area (Å²) in [7, 11) is -3.87. The molecule has 2 heterocycles. The number of pyridine rings is 1. The summed E-state index contributed by atoms with van der Waals surface area (Å²) < 4.78 is 30.5. The van der Waals surface area contributed by atoms with E-state index in [9.17, 15) is 8.42 Å². The third-order valence-corrected chi connectivity index (χ3v) is 6.67. The van der Waals surface area contributed by atoms with E-state index in [1.54, 1.807) is 22.7 Å². The van der Waals surface area contributed by atoms with Crippen LogP contribution in [0.4, 0.5) is 5.69 Å². The Morgan fingerprint density at radius 3 is 2.38 bits per heavy atom. The van der Waals surface area contributed by atoms with Crippen molar-refractivity contribution in [1.82, 2.24) is 14.6 Å². The van der Waals surface area contributed by atoms with Crippen LogP contribution in [-0.2, 0) is 16.6 Å². The van der Waals surface area contributed by atoms with Gasteiger partial charge in [0, 0.05) is 6.20 Å². The van der Waals surface area contributed by atoms with Crippen molar-refractivity contribution < 1.29 is 8.42 Å². The molecule has 0 saturated heterocycles. The lowest BCUT2D eigenvalue weighted by atomic mass is 10.0. The number of fused-ring (bicyclic) bond motifs is 1. The summed E-state index contributed by atoms with van der Waals surface area (Å²) >= 11 is 0. The Morgan fingerprint density at radius 1 is 0.966 bits per heavy atom. The maximum Gasteiger partial charge on any atom is 0.268 e. The molecule has 0 amide bonds. The minimum Gasteiger partial charge on any atom is -0.288 e. The smallest absolute Gasteiger partial charge is 0.268 e. The molecule has 2 aromatic carbocycles. The predicted molar refractivity (Wildman–Crippen MR) is 113 cm³/mol. The fourth-order valence-corrected chi connectivity index (χ4v) is 4.82. The highest BCUT2D eigenvalue weighted by Gasteiger charge is 2.28. The van der Waals surface area contributed by atoms with Gasteiger partial charge in [-0.1, -0.05) is 56.3 Å². The molecule has 4 rings (SSSR count). The highest BCUT2D eigenvalue weighted by atomic mass is 32.2. The van der Waals surface area contributed by atoms with Gasteiger partial charge < -0.3 is 0 Å². The third-order valence-electron chi connectivity index (χ3n) is 4.87. The van der Waals surface area contributed by atoms with Gasteiger partial charge in [-0.05, 0) is 41.3 Å². The van der Waals surface area contributed by atoms with Crippen LogP contribution >= 0.6 is 0 Å². The first-order valence-electron chi connectivity index (χ1n) is 9.42. The van der Waals surface area contributed by atoms with Crippen molar-refractivity contribution in [3.8, 4) is 0 Å². The number of sulfonamides is 1. The first-order chi connectivity index (χ1) is 14.0. The Morgan fingerprint density at radius 2 is 1.69 bits per heavy atom. The molecule has 2 aromatic heterocycles. The van der Waals surface area contributed by atoms with Gasteiger partial charge in [0.1, 0.15) is 11.2 Å². The maximum absolute atomic E-state index is 13.7. The van der Waals surface area contributed by atoms with Crippen LogP contribution in [0.15, 0.2) is 84.1 Å². The van der Waals surface area contributed by atoms with E-state index in [0.29, 0.717) is 17.3 Å². The van der Waals surface area contributed by atoms with Gasteiger partial charge in [0.2, 0.25) is 0 Å². The lowest BCUT2D eigenvalue weighted by molar-refractivity contribution is 0.590. The van der Waals surface area contributed by atoms with Crippen molar-refractivity contribution in [2.45, 2.75) is 31.2 Å². The van der Waals surface area contributed by atoms with Crippen molar-refractivity contribution in [2.75, 3.05) is 4.31 Å². The topological polar surface area (TPSA) is 67.6 Å². The Kier molecular flexibility index (Phi) is 5.07. The van der Waals surface area contributed by atoms with Gasteiger partial charge in [-0.25, -0.2) is 8.42 Å². The van der Waals surface area contributed by atoms with E-state index in [1.165, 1.54) is 10.6 Å². The average Bonchev–Trinajstić information content (AvgIpc) is 3.21. The fourth-order valence-electron chi connectivity index (χ4n) is 3.24. The predicted octanol–water partition coefficient (Wildman–Crippen LogP) is 4.25. The molecule has 0 saturated carbocycles. The summed E-state index contributed by atoms with van der Waals surface area (Å²) in [5.74, 6) is 0.368. The molecule has 4 aromatic rings. The molecular weight excluding hydrogens is 384 g/mol. The number of rotatable bonds is 6. The van der Waals surface area contributed by atoms with Crippen LogP contribution in [-0.4, -0.2) is 23.0 Å². The normalized spacial score (nSPS) is 11.8. The molecule has 0 bridgehead atoms. The van der Waals surface area contributed by atoms with Crippen LogP contribution in [0, 0.1) is 0 Å². The van der Waals surface area contributed by atoms with E-state index in [0.717, 1.165) is 11.1 Å². The van der Waals surface area contributed by atoms with E-state index in [2.05, 4.69) is 24.0 Å². The fraction of sp³-hybridized carbons (Fsp3) is 0.182. The standard InChI is InChI=1S/C22H22N4O2S/c1-17(2)19-10-12-20(13-11-19)26(15-18-7-4-3-5-8-18)29(27,28)21-9-6-14-25-16-23-24-22(21)25/h3-14,16-17H,15H2,1-2H3. The molecule has 0 unspecified atom stereocenters. The summed E-state index contributed by atoms with van der Waals surface area (Å²) in [4.78, 5) is 0.126. The average molecular weight is 407 g/mol. The van der Waals surface area contributed by atoms with Gasteiger partial charge in [0.15, 0.2) is 5.65 Å². The van der Waals surface area contributed by atoms with Gasteiger partial charge >= 0.3 is 0 Å². The zero-order chi connectivity index (χ0) is 20.4. The number of anilines is 1. The van der Waals surface area contributed by atoms with Crippen molar-refractivity contribution in [3.63, 3.8) is 0 Å². The molecule has 0 radical (unpaired) electrons. The van der Waals surface area contributed by atoms with Crippen LogP contribution in [0.25, 0.3) is 5.65 Å². The second kappa shape index (κ2) is 7.67. The van der Waals surface area contributed by atoms with E-state index in [-0.39, 0.29) is 11.4 Å². The Hall–Kier alpha value is -3.19. The zero-order valence-corrected chi connectivity index (χ0v) is 17.1. The molecule has 7 heteroatoms. The summed E-state index contributed by atoms with van der Waals surface area (Å²) in [5, 5.41) is 7.87. The van der Waals surface area contributed by atoms with Crippen LogP contribution in [0.5, 0.6) is 0 Å².